The highest BCUT2D eigenvalue weighted by Crippen LogP contribution is 2.20. The fraction of sp³-hybridized carbons (Fsp3) is 0.550. The molecular formula is C20H29ClN6O2. The zero-order valence-electron chi connectivity index (χ0n) is 16.5. The minimum atomic E-state index is -0.795. The summed E-state index contributed by atoms with van der Waals surface area (Å²) in [5.74, 6) is -0.290. The number of halogens is 1. The molecule has 2 fully saturated rings. The van der Waals surface area contributed by atoms with Gasteiger partial charge < -0.3 is 15.7 Å². The van der Waals surface area contributed by atoms with Gasteiger partial charge in [0.15, 0.2) is 5.69 Å². The Morgan fingerprint density at radius 2 is 2.00 bits per heavy atom. The summed E-state index contributed by atoms with van der Waals surface area (Å²) in [5, 5.41) is 24.8. The van der Waals surface area contributed by atoms with Crippen molar-refractivity contribution < 1.29 is 9.90 Å². The van der Waals surface area contributed by atoms with Crippen LogP contribution < -0.4 is 10.6 Å². The molecule has 1 amide bonds. The number of benzene rings is 1. The van der Waals surface area contributed by atoms with Gasteiger partial charge >= 0.3 is 0 Å². The fourth-order valence-electron chi connectivity index (χ4n) is 3.97. The molecule has 0 aliphatic carbocycles. The second-order valence-electron chi connectivity index (χ2n) is 7.91. The Morgan fingerprint density at radius 3 is 2.76 bits per heavy atom. The second-order valence-corrected chi connectivity index (χ2v) is 7.91. The van der Waals surface area contributed by atoms with E-state index in [0.717, 1.165) is 38.4 Å². The number of aromatic nitrogens is 3. The average molecular weight is 421 g/mol. The van der Waals surface area contributed by atoms with Crippen molar-refractivity contribution in [2.45, 2.75) is 44.4 Å². The number of nitrogens with one attached hydrogen (secondary N) is 2. The molecule has 0 atom stereocenters. The third-order valence-electron chi connectivity index (χ3n) is 5.55. The van der Waals surface area contributed by atoms with Gasteiger partial charge in [-0.3, -0.25) is 9.69 Å². The summed E-state index contributed by atoms with van der Waals surface area (Å²) in [6.07, 6.45) is 5.45. The summed E-state index contributed by atoms with van der Waals surface area (Å²) >= 11 is 0. The lowest BCUT2D eigenvalue weighted by Gasteiger charge is -2.32. The lowest BCUT2D eigenvalue weighted by molar-refractivity contribution is -0.00865. The van der Waals surface area contributed by atoms with Crippen LogP contribution in [0, 0.1) is 0 Å². The zero-order valence-corrected chi connectivity index (χ0v) is 17.3. The molecule has 2 saturated heterocycles. The van der Waals surface area contributed by atoms with Gasteiger partial charge in [-0.25, -0.2) is 4.68 Å². The predicted octanol–water partition coefficient (Wildman–Crippen LogP) is 1.66. The van der Waals surface area contributed by atoms with E-state index in [-0.39, 0.29) is 24.0 Å². The highest BCUT2D eigenvalue weighted by Gasteiger charge is 2.30. The molecule has 158 valence electrons. The molecule has 0 unspecified atom stereocenters. The summed E-state index contributed by atoms with van der Waals surface area (Å²) in [7, 11) is 0. The number of hydrogen-bond acceptors (Lipinski definition) is 6. The van der Waals surface area contributed by atoms with E-state index in [1.807, 2.05) is 18.2 Å². The van der Waals surface area contributed by atoms with Gasteiger partial charge in [-0.1, -0.05) is 17.3 Å². The first-order chi connectivity index (χ1) is 13.6. The molecule has 3 heterocycles. The van der Waals surface area contributed by atoms with Crippen LogP contribution in [0.4, 0.5) is 5.69 Å². The predicted molar refractivity (Wildman–Crippen MR) is 113 cm³/mol. The molecule has 4 rings (SSSR count). The number of hydrogen-bond donors (Lipinski definition) is 3. The quantitative estimate of drug-likeness (QED) is 0.657. The van der Waals surface area contributed by atoms with Gasteiger partial charge in [0, 0.05) is 12.2 Å². The molecule has 2 aliphatic heterocycles. The van der Waals surface area contributed by atoms with E-state index in [2.05, 4.69) is 31.9 Å². The normalized spacial score (nSPS) is 18.9. The summed E-state index contributed by atoms with van der Waals surface area (Å²) < 4.78 is 1.56. The Balaban J connectivity index is 0.00000240. The van der Waals surface area contributed by atoms with Crippen molar-refractivity contribution in [2.24, 2.45) is 0 Å². The molecule has 0 radical (unpaired) electrons. The smallest absolute Gasteiger partial charge is 0.277 e. The van der Waals surface area contributed by atoms with E-state index in [9.17, 15) is 9.90 Å². The molecule has 8 nitrogen and oxygen atoms in total. The van der Waals surface area contributed by atoms with Crippen LogP contribution in [-0.4, -0.2) is 62.7 Å². The Morgan fingerprint density at radius 1 is 1.24 bits per heavy atom. The molecular weight excluding hydrogens is 392 g/mol. The van der Waals surface area contributed by atoms with Crippen LogP contribution in [0.1, 0.15) is 41.7 Å². The van der Waals surface area contributed by atoms with Crippen LogP contribution in [0.3, 0.4) is 0 Å². The van der Waals surface area contributed by atoms with Crippen LogP contribution in [0.2, 0.25) is 0 Å². The van der Waals surface area contributed by atoms with Gasteiger partial charge in [0.1, 0.15) is 0 Å². The van der Waals surface area contributed by atoms with Crippen LogP contribution in [0.15, 0.2) is 30.5 Å². The monoisotopic (exact) mass is 420 g/mol. The fourth-order valence-corrected chi connectivity index (χ4v) is 3.97. The number of carbonyl (C=O) groups excluding carboxylic acids is 1. The van der Waals surface area contributed by atoms with Crippen molar-refractivity contribution in [1.82, 2.24) is 25.2 Å². The van der Waals surface area contributed by atoms with E-state index < -0.39 is 5.60 Å². The van der Waals surface area contributed by atoms with Crippen LogP contribution in [-0.2, 0) is 13.1 Å². The molecule has 0 bridgehead atoms. The summed E-state index contributed by atoms with van der Waals surface area (Å²) in [4.78, 5) is 15.0. The molecule has 1 aromatic carbocycles. The molecule has 1 aromatic heterocycles. The van der Waals surface area contributed by atoms with Crippen LogP contribution in [0.25, 0.3) is 0 Å². The maximum absolute atomic E-state index is 12.5. The van der Waals surface area contributed by atoms with E-state index >= 15 is 0 Å². The molecule has 2 aromatic rings. The SMILES string of the molecule is Cl.O=C(Nc1cccc(CN2CCCC2)c1)c1cn(CC2(O)CCNCC2)nn1. The number of nitrogens with zero attached hydrogens (tertiary/aromatic N) is 4. The van der Waals surface area contributed by atoms with Crippen molar-refractivity contribution in [3.8, 4) is 0 Å². The number of carbonyl (C=O) groups is 1. The van der Waals surface area contributed by atoms with Crippen LogP contribution in [0.5, 0.6) is 0 Å². The van der Waals surface area contributed by atoms with Crippen molar-refractivity contribution in [2.75, 3.05) is 31.5 Å². The minimum absolute atomic E-state index is 0. The number of piperidine rings is 1. The first-order valence-corrected chi connectivity index (χ1v) is 10.1. The average Bonchev–Trinajstić information content (AvgIpc) is 3.34. The summed E-state index contributed by atoms with van der Waals surface area (Å²) in [5.41, 5.74) is 1.41. The van der Waals surface area contributed by atoms with Crippen molar-refractivity contribution in [3.05, 3.63) is 41.7 Å². The lowest BCUT2D eigenvalue weighted by atomic mass is 9.92. The zero-order chi connectivity index (χ0) is 19.4. The highest BCUT2D eigenvalue weighted by atomic mass is 35.5. The highest BCUT2D eigenvalue weighted by molar-refractivity contribution is 6.02. The first-order valence-electron chi connectivity index (χ1n) is 10.1. The van der Waals surface area contributed by atoms with E-state index in [1.54, 1.807) is 10.9 Å². The molecule has 0 spiro atoms. The Kier molecular flexibility index (Phi) is 7.23. The van der Waals surface area contributed by atoms with E-state index in [0.29, 0.717) is 19.4 Å². The molecule has 9 heteroatoms. The maximum Gasteiger partial charge on any atom is 0.277 e. The van der Waals surface area contributed by atoms with Crippen molar-refractivity contribution >= 4 is 24.0 Å². The standard InChI is InChI=1S/C20H28N6O2.ClH/c27-19(18-14-26(24-23-18)15-20(28)6-8-21-9-7-20)22-17-5-3-4-16(12-17)13-25-10-1-2-11-25;/h3-5,12,14,21,28H,1-2,6-11,13,15H2,(H,22,27);1H. The number of anilines is 1. The molecule has 2 aliphatic rings. The molecule has 29 heavy (non-hydrogen) atoms. The molecule has 3 N–H and O–H groups in total. The Bertz CT molecular complexity index is 815. The third kappa shape index (κ3) is 5.76. The lowest BCUT2D eigenvalue weighted by Crippen LogP contribution is -2.44. The van der Waals surface area contributed by atoms with Gasteiger partial charge in [-0.05, 0) is 69.6 Å². The van der Waals surface area contributed by atoms with Crippen molar-refractivity contribution in [1.29, 1.82) is 0 Å². The Hall–Kier alpha value is -2.00. The number of rotatable bonds is 6. The van der Waals surface area contributed by atoms with Gasteiger partial charge in [0.05, 0.1) is 18.3 Å². The molecule has 0 saturated carbocycles. The first kappa shape index (κ1) is 21.7. The van der Waals surface area contributed by atoms with Crippen LogP contribution >= 0.6 is 12.4 Å². The maximum atomic E-state index is 12.5. The van der Waals surface area contributed by atoms with Gasteiger partial charge in [0.25, 0.3) is 5.91 Å². The van der Waals surface area contributed by atoms with Gasteiger partial charge in [-0.2, -0.15) is 0 Å². The minimum Gasteiger partial charge on any atom is -0.388 e. The topological polar surface area (TPSA) is 95.3 Å². The number of aliphatic hydroxyl groups is 1. The third-order valence-corrected chi connectivity index (χ3v) is 5.55. The Labute approximate surface area is 177 Å². The van der Waals surface area contributed by atoms with Gasteiger partial charge in [0.2, 0.25) is 0 Å². The van der Waals surface area contributed by atoms with E-state index in [4.69, 9.17) is 0 Å². The number of amides is 1. The number of likely N-dealkylation sites (tertiary alicyclic amines) is 1. The van der Waals surface area contributed by atoms with Gasteiger partial charge in [-0.15, -0.1) is 17.5 Å². The van der Waals surface area contributed by atoms with Crippen molar-refractivity contribution in [3.63, 3.8) is 0 Å². The largest absolute Gasteiger partial charge is 0.388 e. The van der Waals surface area contributed by atoms with E-state index in [1.165, 1.54) is 18.4 Å². The second kappa shape index (κ2) is 9.67. The summed E-state index contributed by atoms with van der Waals surface area (Å²) in [6, 6.07) is 7.94. The summed E-state index contributed by atoms with van der Waals surface area (Å²) in [6.45, 7) is 5.11.